The Morgan fingerprint density at radius 2 is 1.89 bits per heavy atom. The Balaban J connectivity index is 2.36. The van der Waals surface area contributed by atoms with Gasteiger partial charge >= 0.3 is 0 Å². The Bertz CT molecular complexity index is 506. The molecule has 4 nitrogen and oxygen atoms in total. The van der Waals surface area contributed by atoms with Gasteiger partial charge in [-0.25, -0.2) is 0 Å². The third kappa shape index (κ3) is 2.37. The van der Waals surface area contributed by atoms with E-state index in [1.54, 1.807) is 12.4 Å². The van der Waals surface area contributed by atoms with Gasteiger partial charge in [0.25, 0.3) is 0 Å². The van der Waals surface area contributed by atoms with Crippen LogP contribution in [-0.2, 0) is 0 Å². The first-order valence-corrected chi connectivity index (χ1v) is 6.33. The highest BCUT2D eigenvalue weighted by atomic mass is 16.3. The van der Waals surface area contributed by atoms with E-state index in [0.29, 0.717) is 17.5 Å². The molecule has 0 bridgehead atoms. The Kier molecular flexibility index (Phi) is 3.65. The summed E-state index contributed by atoms with van der Waals surface area (Å²) in [5, 5.41) is 18.1. The van der Waals surface area contributed by atoms with Crippen molar-refractivity contribution in [2.75, 3.05) is 0 Å². The van der Waals surface area contributed by atoms with E-state index in [4.69, 9.17) is 0 Å². The zero-order valence-electron chi connectivity index (χ0n) is 11.0. The third-order valence-corrected chi connectivity index (χ3v) is 3.31. The van der Waals surface area contributed by atoms with Crippen molar-refractivity contribution in [1.29, 1.82) is 0 Å². The van der Waals surface area contributed by atoms with Gasteiger partial charge in [-0.15, -0.1) is 4.80 Å². The molecule has 1 atom stereocenters. The fraction of sp³-hybridized carbons (Fsp3) is 0.429. The maximum atomic E-state index is 10.1. The molecule has 1 aromatic carbocycles. The fourth-order valence-corrected chi connectivity index (χ4v) is 2.37. The lowest BCUT2D eigenvalue weighted by atomic mass is 9.86. The van der Waals surface area contributed by atoms with E-state index in [1.807, 2.05) is 18.2 Å². The summed E-state index contributed by atoms with van der Waals surface area (Å²) in [4.78, 5) is 1.43. The van der Waals surface area contributed by atoms with Gasteiger partial charge in [0.2, 0.25) is 0 Å². The molecule has 0 fully saturated rings. The summed E-state index contributed by atoms with van der Waals surface area (Å²) < 4.78 is 0. The topological polar surface area (TPSA) is 50.9 Å². The summed E-state index contributed by atoms with van der Waals surface area (Å²) in [6.45, 7) is 6.58. The Morgan fingerprint density at radius 3 is 2.39 bits per heavy atom. The zero-order valence-corrected chi connectivity index (χ0v) is 11.0. The summed E-state index contributed by atoms with van der Waals surface area (Å²) >= 11 is 0. The van der Waals surface area contributed by atoms with Crippen LogP contribution in [-0.4, -0.2) is 20.1 Å². The molecular weight excluding hydrogens is 226 g/mol. The van der Waals surface area contributed by atoms with E-state index in [9.17, 15) is 5.11 Å². The van der Waals surface area contributed by atoms with Crippen LogP contribution < -0.4 is 0 Å². The maximum absolute atomic E-state index is 10.1. The largest absolute Gasteiger partial charge is 0.506 e. The van der Waals surface area contributed by atoms with Crippen LogP contribution in [0.2, 0.25) is 0 Å². The molecule has 0 spiro atoms. The van der Waals surface area contributed by atoms with Crippen LogP contribution in [0.3, 0.4) is 0 Å². The second kappa shape index (κ2) is 5.21. The van der Waals surface area contributed by atoms with Crippen molar-refractivity contribution in [2.24, 2.45) is 5.92 Å². The molecule has 1 heterocycles. The molecule has 96 valence electrons. The number of phenols is 1. The Hall–Kier alpha value is -1.84. The predicted molar refractivity (Wildman–Crippen MR) is 70.9 cm³/mol. The van der Waals surface area contributed by atoms with Crippen molar-refractivity contribution in [3.05, 3.63) is 36.2 Å². The SMILES string of the molecule is CCC(c1ccc(-n2nccn2)c(O)c1)C(C)C. The van der Waals surface area contributed by atoms with Crippen LogP contribution in [0, 0.1) is 5.92 Å². The number of aromatic hydroxyl groups is 1. The maximum Gasteiger partial charge on any atom is 0.143 e. The lowest BCUT2D eigenvalue weighted by Crippen LogP contribution is -2.06. The highest BCUT2D eigenvalue weighted by molar-refractivity contribution is 5.47. The van der Waals surface area contributed by atoms with Crippen molar-refractivity contribution >= 4 is 0 Å². The van der Waals surface area contributed by atoms with Crippen molar-refractivity contribution in [3.8, 4) is 11.4 Å². The summed E-state index contributed by atoms with van der Waals surface area (Å²) in [5.41, 5.74) is 1.78. The number of rotatable bonds is 4. The summed E-state index contributed by atoms with van der Waals surface area (Å²) in [7, 11) is 0. The zero-order chi connectivity index (χ0) is 13.1. The minimum Gasteiger partial charge on any atom is -0.506 e. The molecule has 1 unspecified atom stereocenters. The van der Waals surface area contributed by atoms with Crippen LogP contribution in [0.5, 0.6) is 5.75 Å². The first-order valence-electron chi connectivity index (χ1n) is 6.33. The molecule has 0 aliphatic heterocycles. The molecule has 0 saturated carbocycles. The van der Waals surface area contributed by atoms with Crippen molar-refractivity contribution in [3.63, 3.8) is 0 Å². The van der Waals surface area contributed by atoms with Crippen LogP contribution in [0.4, 0.5) is 0 Å². The molecule has 0 radical (unpaired) electrons. The molecule has 2 rings (SSSR count). The monoisotopic (exact) mass is 245 g/mol. The van der Waals surface area contributed by atoms with Crippen molar-refractivity contribution in [2.45, 2.75) is 33.1 Å². The number of benzene rings is 1. The van der Waals surface area contributed by atoms with Gasteiger partial charge < -0.3 is 5.11 Å². The van der Waals surface area contributed by atoms with E-state index in [2.05, 4.69) is 31.0 Å². The second-order valence-corrected chi connectivity index (χ2v) is 4.83. The molecular formula is C14H19N3O. The first-order chi connectivity index (χ1) is 8.63. The standard InChI is InChI=1S/C14H19N3O/c1-4-12(10(2)3)11-5-6-13(14(18)9-11)17-15-7-8-16-17/h5-10,12,18H,4H2,1-3H3. The summed E-state index contributed by atoms with van der Waals surface area (Å²) in [6.07, 6.45) is 4.25. The highest BCUT2D eigenvalue weighted by Crippen LogP contribution is 2.32. The molecule has 18 heavy (non-hydrogen) atoms. The number of phenolic OH excluding ortho intramolecular Hbond substituents is 1. The Morgan fingerprint density at radius 1 is 1.22 bits per heavy atom. The van der Waals surface area contributed by atoms with E-state index in [0.717, 1.165) is 6.42 Å². The fourth-order valence-electron chi connectivity index (χ4n) is 2.37. The van der Waals surface area contributed by atoms with Gasteiger partial charge in [-0.2, -0.15) is 10.2 Å². The van der Waals surface area contributed by atoms with Gasteiger partial charge in [0.15, 0.2) is 0 Å². The molecule has 2 aromatic rings. The van der Waals surface area contributed by atoms with E-state index in [-0.39, 0.29) is 5.75 Å². The third-order valence-electron chi connectivity index (χ3n) is 3.31. The van der Waals surface area contributed by atoms with Crippen LogP contribution in [0.1, 0.15) is 38.7 Å². The smallest absolute Gasteiger partial charge is 0.143 e. The quantitative estimate of drug-likeness (QED) is 0.900. The molecule has 1 N–H and O–H groups in total. The van der Waals surface area contributed by atoms with Gasteiger partial charge in [-0.3, -0.25) is 0 Å². The molecule has 0 amide bonds. The lowest BCUT2D eigenvalue weighted by molar-refractivity contribution is 0.456. The average Bonchev–Trinajstić information content (AvgIpc) is 2.83. The number of hydrogen-bond donors (Lipinski definition) is 1. The van der Waals surface area contributed by atoms with Gasteiger partial charge in [0.05, 0.1) is 12.4 Å². The predicted octanol–water partition coefficient (Wildman–Crippen LogP) is 3.12. The Labute approximate surface area is 107 Å². The van der Waals surface area contributed by atoms with Gasteiger partial charge in [0.1, 0.15) is 11.4 Å². The number of nitrogens with zero attached hydrogens (tertiary/aromatic N) is 3. The normalized spacial score (nSPS) is 12.9. The highest BCUT2D eigenvalue weighted by Gasteiger charge is 2.15. The minimum absolute atomic E-state index is 0.225. The minimum atomic E-state index is 0.225. The molecule has 0 saturated heterocycles. The number of hydrogen-bond acceptors (Lipinski definition) is 3. The number of aromatic nitrogens is 3. The lowest BCUT2D eigenvalue weighted by Gasteiger charge is -2.20. The molecule has 4 heteroatoms. The van der Waals surface area contributed by atoms with E-state index in [1.165, 1.54) is 10.4 Å². The first kappa shape index (κ1) is 12.6. The van der Waals surface area contributed by atoms with Crippen molar-refractivity contribution < 1.29 is 5.11 Å². The van der Waals surface area contributed by atoms with Crippen molar-refractivity contribution in [1.82, 2.24) is 15.0 Å². The van der Waals surface area contributed by atoms with E-state index < -0.39 is 0 Å². The van der Waals surface area contributed by atoms with Gasteiger partial charge in [-0.05, 0) is 36.0 Å². The van der Waals surface area contributed by atoms with E-state index >= 15 is 0 Å². The summed E-state index contributed by atoms with van der Waals surface area (Å²) in [5.74, 6) is 1.25. The van der Waals surface area contributed by atoms with Gasteiger partial charge in [-0.1, -0.05) is 26.8 Å². The average molecular weight is 245 g/mol. The molecule has 0 aliphatic carbocycles. The van der Waals surface area contributed by atoms with Crippen LogP contribution in [0.25, 0.3) is 5.69 Å². The second-order valence-electron chi connectivity index (χ2n) is 4.83. The molecule has 1 aromatic heterocycles. The molecule has 0 aliphatic rings. The summed E-state index contributed by atoms with van der Waals surface area (Å²) in [6, 6.07) is 5.75. The van der Waals surface area contributed by atoms with Gasteiger partial charge in [0, 0.05) is 0 Å². The van der Waals surface area contributed by atoms with Crippen LogP contribution >= 0.6 is 0 Å². The van der Waals surface area contributed by atoms with Crippen LogP contribution in [0.15, 0.2) is 30.6 Å².